The smallest absolute Gasteiger partial charge is 0.246 e. The van der Waals surface area contributed by atoms with Crippen molar-refractivity contribution in [2.75, 3.05) is 18.5 Å². The van der Waals surface area contributed by atoms with E-state index in [1.807, 2.05) is 37.3 Å². The van der Waals surface area contributed by atoms with Crippen molar-refractivity contribution in [3.05, 3.63) is 105 Å². The van der Waals surface area contributed by atoms with Crippen LogP contribution < -0.4 is 15.0 Å². The summed E-state index contributed by atoms with van der Waals surface area (Å²) in [5.74, 6) is -0.225. The second kappa shape index (κ2) is 12.6. The Balaban J connectivity index is 1.41. The number of ether oxygens (including phenoxy) is 1. The molecule has 1 N–H and O–H groups in total. The number of amides is 2. The molecule has 198 valence electrons. The number of rotatable bonds is 9. The Kier molecular flexibility index (Phi) is 8.96. The maximum absolute atomic E-state index is 12.8. The molecular weight excluding hydrogens is 537 g/mol. The summed E-state index contributed by atoms with van der Waals surface area (Å²) in [6.07, 6.45) is 3.65. The van der Waals surface area contributed by atoms with Crippen LogP contribution in [0, 0.1) is 6.92 Å². The van der Waals surface area contributed by atoms with Gasteiger partial charge in [-0.25, -0.2) is 4.98 Å². The van der Waals surface area contributed by atoms with Gasteiger partial charge in [-0.1, -0.05) is 65.7 Å². The van der Waals surface area contributed by atoms with Gasteiger partial charge in [0.05, 0.1) is 17.3 Å². The van der Waals surface area contributed by atoms with Gasteiger partial charge in [-0.15, -0.1) is 0 Å². The molecule has 0 unspecified atom stereocenters. The number of carbonyl (C=O) groups is 3. The number of pyridine rings is 1. The van der Waals surface area contributed by atoms with Crippen molar-refractivity contribution in [1.29, 1.82) is 0 Å². The minimum Gasteiger partial charge on any atom is -0.487 e. The number of benzene rings is 3. The fourth-order valence-corrected chi connectivity index (χ4v) is 4.40. The Labute approximate surface area is 236 Å². The first kappa shape index (κ1) is 27.8. The molecule has 0 bridgehead atoms. The molecule has 7 nitrogen and oxygen atoms in total. The van der Waals surface area contributed by atoms with Crippen LogP contribution in [-0.2, 0) is 16.2 Å². The van der Waals surface area contributed by atoms with E-state index in [2.05, 4.69) is 10.3 Å². The van der Waals surface area contributed by atoms with Crippen molar-refractivity contribution < 1.29 is 19.1 Å². The predicted molar refractivity (Wildman–Crippen MR) is 155 cm³/mol. The van der Waals surface area contributed by atoms with Crippen LogP contribution in [0.4, 0.5) is 5.69 Å². The Hall–Kier alpha value is -4.20. The van der Waals surface area contributed by atoms with Gasteiger partial charge in [0.25, 0.3) is 0 Å². The molecule has 9 heteroatoms. The van der Waals surface area contributed by atoms with E-state index >= 15 is 0 Å². The van der Waals surface area contributed by atoms with E-state index in [1.54, 1.807) is 49.5 Å². The van der Waals surface area contributed by atoms with Crippen LogP contribution >= 0.6 is 23.2 Å². The van der Waals surface area contributed by atoms with E-state index in [0.717, 1.165) is 28.4 Å². The number of likely N-dealkylation sites (N-methyl/N-ethyl adjacent to an activating group) is 1. The number of aromatic nitrogens is 1. The van der Waals surface area contributed by atoms with Crippen LogP contribution in [0.15, 0.2) is 72.8 Å². The summed E-state index contributed by atoms with van der Waals surface area (Å²) >= 11 is 13.1. The molecule has 2 amide bonds. The van der Waals surface area contributed by atoms with Gasteiger partial charge in [-0.3, -0.25) is 14.4 Å². The van der Waals surface area contributed by atoms with Gasteiger partial charge >= 0.3 is 0 Å². The van der Waals surface area contributed by atoms with E-state index in [9.17, 15) is 14.4 Å². The molecule has 3 aromatic carbocycles. The number of carbonyl (C=O) groups excluding carboxylic acids is 3. The molecule has 4 aromatic rings. The summed E-state index contributed by atoms with van der Waals surface area (Å²) in [6.45, 7) is 1.74. The Morgan fingerprint density at radius 1 is 1.00 bits per heavy atom. The highest BCUT2D eigenvalue weighted by atomic mass is 35.5. The van der Waals surface area contributed by atoms with Crippen molar-refractivity contribution in [3.8, 4) is 5.75 Å². The number of anilines is 1. The number of hydrogen-bond donors (Lipinski definition) is 1. The number of nitrogens with zero attached hydrogens (tertiary/aromatic N) is 2. The molecule has 0 saturated carbocycles. The third-order valence-electron chi connectivity index (χ3n) is 6.01. The molecule has 1 aromatic heterocycles. The topological polar surface area (TPSA) is 88.6 Å². The van der Waals surface area contributed by atoms with Crippen LogP contribution in [0.3, 0.4) is 0 Å². The monoisotopic (exact) mass is 561 g/mol. The number of aryl methyl sites for hydroxylation is 1. The maximum Gasteiger partial charge on any atom is 0.246 e. The normalized spacial score (nSPS) is 11.0. The van der Waals surface area contributed by atoms with Gasteiger partial charge in [0.1, 0.15) is 24.2 Å². The molecule has 0 aliphatic heterocycles. The molecule has 0 atom stereocenters. The van der Waals surface area contributed by atoms with Crippen molar-refractivity contribution in [1.82, 2.24) is 10.3 Å². The van der Waals surface area contributed by atoms with Crippen LogP contribution in [0.2, 0.25) is 10.0 Å². The lowest BCUT2D eigenvalue weighted by Gasteiger charge is -2.21. The predicted octanol–water partition coefficient (Wildman–Crippen LogP) is 6.03. The maximum atomic E-state index is 12.8. The average molecular weight is 562 g/mol. The zero-order valence-electron chi connectivity index (χ0n) is 21.3. The van der Waals surface area contributed by atoms with Crippen molar-refractivity contribution in [2.24, 2.45) is 0 Å². The first-order valence-corrected chi connectivity index (χ1v) is 12.8. The molecule has 1 heterocycles. The summed E-state index contributed by atoms with van der Waals surface area (Å²) in [6, 6.07) is 19.6. The SMILES string of the molecule is Cc1ccc2cccc(OCc3c(Cl)ccc(N(C)C(=O)CNC(=O)/C=C/c4ccc(C=O)cc4)c3Cl)c2n1. The lowest BCUT2D eigenvalue weighted by Crippen LogP contribution is -2.37. The molecule has 4 rings (SSSR count). The van der Waals surface area contributed by atoms with Gasteiger partial charge < -0.3 is 15.0 Å². The van der Waals surface area contributed by atoms with Crippen molar-refractivity contribution >= 4 is 64.0 Å². The van der Waals surface area contributed by atoms with E-state index in [0.29, 0.717) is 27.6 Å². The summed E-state index contributed by atoms with van der Waals surface area (Å²) in [5.41, 5.74) is 3.84. The first-order valence-electron chi connectivity index (χ1n) is 12.0. The average Bonchev–Trinajstić information content (AvgIpc) is 2.94. The highest BCUT2D eigenvalue weighted by molar-refractivity contribution is 6.38. The molecule has 0 aliphatic rings. The number of nitrogens with one attached hydrogen (secondary N) is 1. The Morgan fingerprint density at radius 2 is 1.74 bits per heavy atom. The van der Waals surface area contributed by atoms with Gasteiger partial charge in [0, 0.05) is 40.4 Å². The van der Waals surface area contributed by atoms with Crippen molar-refractivity contribution in [2.45, 2.75) is 13.5 Å². The third-order valence-corrected chi connectivity index (χ3v) is 6.78. The van der Waals surface area contributed by atoms with Crippen LogP contribution in [0.25, 0.3) is 17.0 Å². The van der Waals surface area contributed by atoms with E-state index in [-0.39, 0.29) is 24.1 Å². The Morgan fingerprint density at radius 3 is 2.49 bits per heavy atom. The summed E-state index contributed by atoms with van der Waals surface area (Å²) in [4.78, 5) is 41.7. The summed E-state index contributed by atoms with van der Waals surface area (Å²) in [7, 11) is 1.57. The highest BCUT2D eigenvalue weighted by Gasteiger charge is 2.19. The van der Waals surface area contributed by atoms with Crippen LogP contribution in [-0.4, -0.2) is 36.7 Å². The number of fused-ring (bicyclic) bond motifs is 1. The summed E-state index contributed by atoms with van der Waals surface area (Å²) < 4.78 is 6.06. The first-order chi connectivity index (χ1) is 18.8. The highest BCUT2D eigenvalue weighted by Crippen LogP contribution is 2.35. The molecular formula is C30H25Cl2N3O4. The standard InChI is InChI=1S/C30H25Cl2N3O4/c1-19-6-12-22-4-3-5-26(30(22)34-19)39-18-23-24(31)13-14-25(29(23)32)35(2)28(38)16-33-27(37)15-11-20-7-9-21(17-36)10-8-20/h3-15,17H,16,18H2,1-2H3,(H,33,37)/b15-11+. The molecule has 0 saturated heterocycles. The van der Waals surface area contributed by atoms with Gasteiger partial charge in [-0.05, 0) is 42.8 Å². The third kappa shape index (κ3) is 6.82. The van der Waals surface area contributed by atoms with Gasteiger partial charge in [-0.2, -0.15) is 0 Å². The fraction of sp³-hybridized carbons (Fsp3) is 0.133. The fourth-order valence-electron chi connectivity index (χ4n) is 3.79. The molecule has 0 radical (unpaired) electrons. The minimum absolute atomic E-state index is 0.0671. The zero-order chi connectivity index (χ0) is 27.9. The number of aldehydes is 1. The lowest BCUT2D eigenvalue weighted by molar-refractivity contribution is -0.122. The number of hydrogen-bond acceptors (Lipinski definition) is 5. The quantitative estimate of drug-likeness (QED) is 0.199. The lowest BCUT2D eigenvalue weighted by atomic mass is 10.1. The molecule has 0 aliphatic carbocycles. The van der Waals surface area contributed by atoms with E-state index < -0.39 is 5.91 Å². The van der Waals surface area contributed by atoms with E-state index in [1.165, 1.54) is 11.0 Å². The van der Waals surface area contributed by atoms with Gasteiger partial charge in [0.2, 0.25) is 11.8 Å². The second-order valence-electron chi connectivity index (χ2n) is 8.72. The second-order valence-corrected chi connectivity index (χ2v) is 9.50. The largest absolute Gasteiger partial charge is 0.487 e. The van der Waals surface area contributed by atoms with Crippen molar-refractivity contribution in [3.63, 3.8) is 0 Å². The minimum atomic E-state index is -0.438. The molecule has 0 fully saturated rings. The van der Waals surface area contributed by atoms with Crippen LogP contribution in [0.1, 0.15) is 27.2 Å². The molecule has 0 spiro atoms. The molecule has 39 heavy (non-hydrogen) atoms. The number of halogens is 2. The zero-order valence-corrected chi connectivity index (χ0v) is 22.8. The number of para-hydroxylation sites is 1. The van der Waals surface area contributed by atoms with Crippen LogP contribution in [0.5, 0.6) is 5.75 Å². The Bertz CT molecular complexity index is 1570. The van der Waals surface area contributed by atoms with Gasteiger partial charge in [0.15, 0.2) is 0 Å². The van der Waals surface area contributed by atoms with E-state index in [4.69, 9.17) is 27.9 Å². The summed E-state index contributed by atoms with van der Waals surface area (Å²) in [5, 5.41) is 4.18.